The van der Waals surface area contributed by atoms with Gasteiger partial charge in [0.1, 0.15) is 5.82 Å². The summed E-state index contributed by atoms with van der Waals surface area (Å²) >= 11 is 0. The molecule has 0 fully saturated rings. The second-order valence-electron chi connectivity index (χ2n) is 4.55. The standard InChI is InChI=1S/C16H16FNO/c1-11(13-6-8-15(17)9-7-13)18-16-5-3-4-14(10-16)12(2)19/h3-11,18H,1-2H3. The number of hydrogen-bond acceptors (Lipinski definition) is 2. The summed E-state index contributed by atoms with van der Waals surface area (Å²) in [6.07, 6.45) is 0. The molecule has 1 unspecified atom stereocenters. The third kappa shape index (κ3) is 3.41. The maximum atomic E-state index is 12.9. The fraction of sp³-hybridized carbons (Fsp3) is 0.188. The Balaban J connectivity index is 2.14. The number of rotatable bonds is 4. The van der Waals surface area contributed by atoms with Gasteiger partial charge in [-0.2, -0.15) is 0 Å². The highest BCUT2D eigenvalue weighted by atomic mass is 19.1. The largest absolute Gasteiger partial charge is 0.379 e. The van der Waals surface area contributed by atoms with Gasteiger partial charge in [0.05, 0.1) is 0 Å². The Morgan fingerprint density at radius 1 is 1.16 bits per heavy atom. The lowest BCUT2D eigenvalue weighted by Crippen LogP contribution is -2.07. The minimum atomic E-state index is -0.241. The molecule has 2 aromatic rings. The molecule has 0 bridgehead atoms. The Morgan fingerprint density at radius 2 is 1.84 bits per heavy atom. The van der Waals surface area contributed by atoms with Crippen LogP contribution < -0.4 is 5.32 Å². The zero-order chi connectivity index (χ0) is 13.8. The van der Waals surface area contributed by atoms with E-state index in [1.54, 1.807) is 25.1 Å². The fourth-order valence-electron chi connectivity index (χ4n) is 1.91. The van der Waals surface area contributed by atoms with Crippen LogP contribution in [0.25, 0.3) is 0 Å². The molecule has 2 aromatic carbocycles. The van der Waals surface area contributed by atoms with Crippen molar-refractivity contribution in [1.29, 1.82) is 0 Å². The van der Waals surface area contributed by atoms with Crippen LogP contribution in [0.1, 0.15) is 35.8 Å². The SMILES string of the molecule is CC(=O)c1cccc(NC(C)c2ccc(F)cc2)c1. The summed E-state index contributed by atoms with van der Waals surface area (Å²) in [6.45, 7) is 3.54. The van der Waals surface area contributed by atoms with Crippen molar-refractivity contribution >= 4 is 11.5 Å². The van der Waals surface area contributed by atoms with Crippen LogP contribution in [0, 0.1) is 5.82 Å². The molecule has 0 saturated carbocycles. The summed E-state index contributed by atoms with van der Waals surface area (Å²) in [4.78, 5) is 11.3. The minimum absolute atomic E-state index is 0.0399. The number of nitrogens with one attached hydrogen (secondary N) is 1. The number of carbonyl (C=O) groups excluding carboxylic acids is 1. The van der Waals surface area contributed by atoms with Gasteiger partial charge in [-0.1, -0.05) is 24.3 Å². The van der Waals surface area contributed by atoms with Crippen molar-refractivity contribution in [3.63, 3.8) is 0 Å². The molecule has 0 saturated heterocycles. The second-order valence-corrected chi connectivity index (χ2v) is 4.55. The van der Waals surface area contributed by atoms with Crippen molar-refractivity contribution in [2.24, 2.45) is 0 Å². The summed E-state index contributed by atoms with van der Waals surface area (Å²) in [5, 5.41) is 3.30. The molecule has 0 amide bonds. The Bertz CT molecular complexity index is 578. The summed E-state index contributed by atoms with van der Waals surface area (Å²) in [6, 6.07) is 13.8. The van der Waals surface area contributed by atoms with E-state index in [2.05, 4.69) is 5.32 Å². The molecule has 0 aromatic heterocycles. The minimum Gasteiger partial charge on any atom is -0.379 e. The predicted molar refractivity (Wildman–Crippen MR) is 74.9 cm³/mol. The number of benzene rings is 2. The van der Waals surface area contributed by atoms with Gasteiger partial charge in [0.25, 0.3) is 0 Å². The van der Waals surface area contributed by atoms with Crippen LogP contribution in [0.2, 0.25) is 0 Å². The van der Waals surface area contributed by atoms with Gasteiger partial charge < -0.3 is 5.32 Å². The Hall–Kier alpha value is -2.16. The number of Topliss-reactive ketones (excluding diaryl/α,β-unsaturated/α-hetero) is 1. The van der Waals surface area contributed by atoms with Crippen LogP contribution in [-0.4, -0.2) is 5.78 Å². The zero-order valence-electron chi connectivity index (χ0n) is 11.0. The van der Waals surface area contributed by atoms with E-state index in [9.17, 15) is 9.18 Å². The van der Waals surface area contributed by atoms with Crippen molar-refractivity contribution in [2.75, 3.05) is 5.32 Å². The number of halogens is 1. The quantitative estimate of drug-likeness (QED) is 0.832. The Kier molecular flexibility index (Phi) is 3.95. The first-order valence-electron chi connectivity index (χ1n) is 6.19. The lowest BCUT2D eigenvalue weighted by atomic mass is 10.1. The van der Waals surface area contributed by atoms with Gasteiger partial charge in [-0.3, -0.25) is 4.79 Å². The molecule has 0 heterocycles. The smallest absolute Gasteiger partial charge is 0.159 e. The molecule has 2 rings (SSSR count). The third-order valence-electron chi connectivity index (χ3n) is 3.02. The second kappa shape index (κ2) is 5.65. The van der Waals surface area contributed by atoms with Gasteiger partial charge in [-0.15, -0.1) is 0 Å². The molecular weight excluding hydrogens is 241 g/mol. The van der Waals surface area contributed by atoms with Crippen LogP contribution in [0.4, 0.5) is 10.1 Å². The maximum Gasteiger partial charge on any atom is 0.159 e. The van der Waals surface area contributed by atoms with E-state index in [1.807, 2.05) is 25.1 Å². The molecule has 1 N–H and O–H groups in total. The maximum absolute atomic E-state index is 12.9. The van der Waals surface area contributed by atoms with Gasteiger partial charge in [0.15, 0.2) is 5.78 Å². The van der Waals surface area contributed by atoms with Gasteiger partial charge in [-0.05, 0) is 43.7 Å². The highest BCUT2D eigenvalue weighted by Gasteiger charge is 2.06. The van der Waals surface area contributed by atoms with E-state index in [-0.39, 0.29) is 17.6 Å². The molecule has 0 spiro atoms. The number of hydrogen-bond donors (Lipinski definition) is 1. The Labute approximate surface area is 112 Å². The first-order valence-corrected chi connectivity index (χ1v) is 6.19. The molecule has 98 valence electrons. The van der Waals surface area contributed by atoms with Crippen LogP contribution >= 0.6 is 0 Å². The first-order chi connectivity index (χ1) is 9.06. The van der Waals surface area contributed by atoms with Crippen molar-refractivity contribution < 1.29 is 9.18 Å². The lowest BCUT2D eigenvalue weighted by Gasteiger charge is -2.16. The molecule has 0 aliphatic carbocycles. The van der Waals surface area contributed by atoms with E-state index in [1.165, 1.54) is 12.1 Å². The molecule has 19 heavy (non-hydrogen) atoms. The number of anilines is 1. The molecule has 3 heteroatoms. The number of ketones is 1. The van der Waals surface area contributed by atoms with Crippen LogP contribution in [-0.2, 0) is 0 Å². The molecule has 2 nitrogen and oxygen atoms in total. The molecule has 1 atom stereocenters. The van der Waals surface area contributed by atoms with E-state index < -0.39 is 0 Å². The zero-order valence-corrected chi connectivity index (χ0v) is 11.0. The molecule has 0 aliphatic rings. The van der Waals surface area contributed by atoms with E-state index in [0.717, 1.165) is 11.3 Å². The monoisotopic (exact) mass is 257 g/mol. The van der Waals surface area contributed by atoms with Crippen molar-refractivity contribution in [3.05, 3.63) is 65.5 Å². The van der Waals surface area contributed by atoms with E-state index >= 15 is 0 Å². The first kappa shape index (κ1) is 13.3. The van der Waals surface area contributed by atoms with Crippen LogP contribution in [0.3, 0.4) is 0 Å². The summed E-state index contributed by atoms with van der Waals surface area (Å²) < 4.78 is 12.9. The van der Waals surface area contributed by atoms with Crippen molar-refractivity contribution in [3.8, 4) is 0 Å². The number of carbonyl (C=O) groups is 1. The third-order valence-corrected chi connectivity index (χ3v) is 3.02. The molecule has 0 aliphatic heterocycles. The van der Waals surface area contributed by atoms with Gasteiger partial charge >= 0.3 is 0 Å². The van der Waals surface area contributed by atoms with Crippen molar-refractivity contribution in [1.82, 2.24) is 0 Å². The van der Waals surface area contributed by atoms with Crippen LogP contribution in [0.5, 0.6) is 0 Å². The topological polar surface area (TPSA) is 29.1 Å². The fourth-order valence-corrected chi connectivity index (χ4v) is 1.91. The normalized spacial score (nSPS) is 11.9. The average molecular weight is 257 g/mol. The summed E-state index contributed by atoms with van der Waals surface area (Å²) in [5.41, 5.74) is 2.55. The van der Waals surface area contributed by atoms with E-state index in [4.69, 9.17) is 0 Å². The van der Waals surface area contributed by atoms with Gasteiger partial charge in [-0.25, -0.2) is 4.39 Å². The predicted octanol–water partition coefficient (Wildman–Crippen LogP) is 4.20. The lowest BCUT2D eigenvalue weighted by molar-refractivity contribution is 0.101. The highest BCUT2D eigenvalue weighted by molar-refractivity contribution is 5.94. The van der Waals surface area contributed by atoms with Gasteiger partial charge in [0.2, 0.25) is 0 Å². The van der Waals surface area contributed by atoms with Gasteiger partial charge in [0, 0.05) is 17.3 Å². The van der Waals surface area contributed by atoms with Crippen molar-refractivity contribution in [2.45, 2.75) is 19.9 Å². The average Bonchev–Trinajstić information content (AvgIpc) is 2.39. The highest BCUT2D eigenvalue weighted by Crippen LogP contribution is 2.20. The molecular formula is C16H16FNO. The molecule has 0 radical (unpaired) electrons. The van der Waals surface area contributed by atoms with Crippen LogP contribution in [0.15, 0.2) is 48.5 Å². The Morgan fingerprint density at radius 3 is 2.47 bits per heavy atom. The van der Waals surface area contributed by atoms with E-state index in [0.29, 0.717) is 5.56 Å². The summed E-state index contributed by atoms with van der Waals surface area (Å²) in [7, 11) is 0. The summed E-state index contributed by atoms with van der Waals surface area (Å²) in [5.74, 6) is -0.201.